The lowest BCUT2D eigenvalue weighted by Crippen LogP contribution is -2.58. The molecule has 1 aromatic heterocycles. The smallest absolute Gasteiger partial charge is 0.240 e. The van der Waals surface area contributed by atoms with Gasteiger partial charge in [-0.1, -0.05) is 6.92 Å². The fourth-order valence-corrected chi connectivity index (χ4v) is 1.92. The second-order valence-corrected chi connectivity index (χ2v) is 4.40. The Morgan fingerprint density at radius 2 is 2.22 bits per heavy atom. The van der Waals surface area contributed by atoms with Crippen molar-refractivity contribution in [2.75, 3.05) is 31.5 Å². The third kappa shape index (κ3) is 3.48. The Balaban J connectivity index is 1.84. The third-order valence-electron chi connectivity index (χ3n) is 2.95. The molecule has 1 aromatic rings. The molecule has 1 amide bonds. The third-order valence-corrected chi connectivity index (χ3v) is 2.95. The van der Waals surface area contributed by atoms with Crippen LogP contribution in [0.25, 0.3) is 0 Å². The van der Waals surface area contributed by atoms with E-state index in [4.69, 9.17) is 0 Å². The van der Waals surface area contributed by atoms with Gasteiger partial charge in [-0.25, -0.2) is 9.97 Å². The molecule has 0 bridgehead atoms. The first-order valence-electron chi connectivity index (χ1n) is 6.31. The Morgan fingerprint density at radius 3 is 2.78 bits per heavy atom. The van der Waals surface area contributed by atoms with Gasteiger partial charge >= 0.3 is 0 Å². The maximum atomic E-state index is 11.9. The second-order valence-electron chi connectivity index (χ2n) is 4.40. The highest BCUT2D eigenvalue weighted by Crippen LogP contribution is 2.06. The van der Waals surface area contributed by atoms with Gasteiger partial charge in [0, 0.05) is 31.5 Å². The molecule has 6 nitrogen and oxygen atoms in total. The lowest BCUT2D eigenvalue weighted by molar-refractivity contribution is -0.118. The summed E-state index contributed by atoms with van der Waals surface area (Å²) >= 11 is 0. The molecular weight excluding hydrogens is 230 g/mol. The van der Waals surface area contributed by atoms with Gasteiger partial charge < -0.3 is 5.32 Å². The molecule has 0 atom stereocenters. The summed E-state index contributed by atoms with van der Waals surface area (Å²) in [5.41, 5.74) is 0. The van der Waals surface area contributed by atoms with Gasteiger partial charge in [0.2, 0.25) is 11.9 Å². The van der Waals surface area contributed by atoms with Crippen molar-refractivity contribution < 1.29 is 4.79 Å². The molecule has 1 aliphatic rings. The highest BCUT2D eigenvalue weighted by Gasteiger charge is 2.25. The van der Waals surface area contributed by atoms with Crippen LogP contribution in [0.2, 0.25) is 0 Å². The van der Waals surface area contributed by atoms with E-state index in [0.717, 1.165) is 26.1 Å². The zero-order chi connectivity index (χ0) is 12.8. The average Bonchev–Trinajstić information content (AvgIpc) is 2.28. The Kier molecular flexibility index (Phi) is 4.60. The van der Waals surface area contributed by atoms with Crippen LogP contribution in [-0.4, -0.2) is 53.0 Å². The standard InChI is InChI=1S/C12H19N5O/c1-2-6-17(10-7-13-8-10)9-11(18)16-12-14-4-3-5-15-12/h3-5,10,13H,2,6-9H2,1H3,(H,14,15,16,18). The van der Waals surface area contributed by atoms with Crippen LogP contribution in [0.1, 0.15) is 13.3 Å². The zero-order valence-electron chi connectivity index (χ0n) is 10.6. The van der Waals surface area contributed by atoms with E-state index in [0.29, 0.717) is 18.5 Å². The molecule has 0 radical (unpaired) electrons. The quantitative estimate of drug-likeness (QED) is 0.748. The molecule has 2 heterocycles. The van der Waals surface area contributed by atoms with Crippen molar-refractivity contribution in [3.8, 4) is 0 Å². The zero-order valence-corrected chi connectivity index (χ0v) is 10.6. The molecule has 98 valence electrons. The molecule has 6 heteroatoms. The predicted molar refractivity (Wildman–Crippen MR) is 69.2 cm³/mol. The monoisotopic (exact) mass is 249 g/mol. The van der Waals surface area contributed by atoms with Crippen molar-refractivity contribution in [1.29, 1.82) is 0 Å². The van der Waals surface area contributed by atoms with Crippen LogP contribution in [0.4, 0.5) is 5.95 Å². The molecule has 1 aliphatic heterocycles. The summed E-state index contributed by atoms with van der Waals surface area (Å²) in [5, 5.41) is 5.94. The first kappa shape index (κ1) is 12.9. The summed E-state index contributed by atoms with van der Waals surface area (Å²) in [6, 6.07) is 2.20. The fraction of sp³-hybridized carbons (Fsp3) is 0.583. The van der Waals surface area contributed by atoms with Gasteiger partial charge in [0.1, 0.15) is 0 Å². The SMILES string of the molecule is CCCN(CC(=O)Nc1ncccn1)C1CNC1. The normalized spacial score (nSPS) is 15.4. The van der Waals surface area contributed by atoms with E-state index in [2.05, 4.69) is 32.4 Å². The largest absolute Gasteiger partial charge is 0.314 e. The van der Waals surface area contributed by atoms with Crippen LogP contribution in [0.3, 0.4) is 0 Å². The molecule has 0 saturated carbocycles. The van der Waals surface area contributed by atoms with E-state index < -0.39 is 0 Å². The molecule has 2 rings (SSSR count). The molecule has 0 unspecified atom stereocenters. The summed E-state index contributed by atoms with van der Waals surface area (Å²) in [5.74, 6) is 0.312. The number of aromatic nitrogens is 2. The summed E-state index contributed by atoms with van der Waals surface area (Å²) < 4.78 is 0. The minimum Gasteiger partial charge on any atom is -0.314 e. The number of rotatable bonds is 6. The number of nitrogens with one attached hydrogen (secondary N) is 2. The predicted octanol–water partition coefficient (Wildman–Crippen LogP) is 0.0989. The van der Waals surface area contributed by atoms with Crippen molar-refractivity contribution in [2.45, 2.75) is 19.4 Å². The minimum absolute atomic E-state index is 0.0541. The molecule has 18 heavy (non-hydrogen) atoms. The van der Waals surface area contributed by atoms with E-state index in [9.17, 15) is 4.79 Å². The van der Waals surface area contributed by atoms with Crippen molar-refractivity contribution >= 4 is 11.9 Å². The summed E-state index contributed by atoms with van der Waals surface area (Å²) in [6.07, 6.45) is 4.27. The van der Waals surface area contributed by atoms with Gasteiger partial charge in [0.05, 0.1) is 6.54 Å². The van der Waals surface area contributed by atoms with Crippen LogP contribution in [0.5, 0.6) is 0 Å². The van der Waals surface area contributed by atoms with E-state index in [1.54, 1.807) is 18.5 Å². The molecule has 1 fully saturated rings. The molecule has 2 N–H and O–H groups in total. The Bertz CT molecular complexity index is 379. The average molecular weight is 249 g/mol. The van der Waals surface area contributed by atoms with Crippen molar-refractivity contribution in [1.82, 2.24) is 20.2 Å². The summed E-state index contributed by atoms with van der Waals surface area (Å²) in [7, 11) is 0. The van der Waals surface area contributed by atoms with Gasteiger partial charge in [-0.15, -0.1) is 0 Å². The number of carbonyl (C=O) groups is 1. The van der Waals surface area contributed by atoms with Gasteiger partial charge in [0.25, 0.3) is 0 Å². The van der Waals surface area contributed by atoms with Gasteiger partial charge in [0.15, 0.2) is 0 Å². The minimum atomic E-state index is -0.0541. The lowest BCUT2D eigenvalue weighted by atomic mass is 10.1. The van der Waals surface area contributed by atoms with Crippen LogP contribution in [0.15, 0.2) is 18.5 Å². The first-order chi connectivity index (χ1) is 8.79. The van der Waals surface area contributed by atoms with Crippen molar-refractivity contribution in [3.63, 3.8) is 0 Å². The van der Waals surface area contributed by atoms with Crippen LogP contribution < -0.4 is 10.6 Å². The maximum absolute atomic E-state index is 11.9. The number of anilines is 1. The molecule has 0 aromatic carbocycles. The first-order valence-corrected chi connectivity index (χ1v) is 6.31. The number of hydrogen-bond acceptors (Lipinski definition) is 5. The number of nitrogens with zero attached hydrogens (tertiary/aromatic N) is 3. The van der Waals surface area contributed by atoms with Gasteiger partial charge in [-0.2, -0.15) is 0 Å². The van der Waals surface area contributed by atoms with E-state index in [-0.39, 0.29) is 5.91 Å². The topological polar surface area (TPSA) is 70.2 Å². The van der Waals surface area contributed by atoms with Crippen LogP contribution >= 0.6 is 0 Å². The van der Waals surface area contributed by atoms with Crippen molar-refractivity contribution in [3.05, 3.63) is 18.5 Å². The fourth-order valence-electron chi connectivity index (χ4n) is 1.92. The lowest BCUT2D eigenvalue weighted by Gasteiger charge is -2.37. The van der Waals surface area contributed by atoms with E-state index >= 15 is 0 Å². The molecular formula is C12H19N5O. The van der Waals surface area contributed by atoms with Crippen molar-refractivity contribution in [2.24, 2.45) is 0 Å². The van der Waals surface area contributed by atoms with Gasteiger partial charge in [-0.05, 0) is 19.0 Å². The van der Waals surface area contributed by atoms with E-state index in [1.165, 1.54) is 0 Å². The highest BCUT2D eigenvalue weighted by molar-refractivity contribution is 5.90. The Morgan fingerprint density at radius 1 is 1.50 bits per heavy atom. The molecule has 0 aliphatic carbocycles. The maximum Gasteiger partial charge on any atom is 0.240 e. The Labute approximate surface area is 107 Å². The molecule has 0 spiro atoms. The number of amides is 1. The van der Waals surface area contributed by atoms with Crippen LogP contribution in [0, 0.1) is 0 Å². The summed E-state index contributed by atoms with van der Waals surface area (Å²) in [6.45, 7) is 5.40. The van der Waals surface area contributed by atoms with Gasteiger partial charge in [-0.3, -0.25) is 15.0 Å². The number of hydrogen-bond donors (Lipinski definition) is 2. The molecule has 1 saturated heterocycles. The van der Waals surface area contributed by atoms with E-state index in [1.807, 2.05) is 0 Å². The van der Waals surface area contributed by atoms with Crippen LogP contribution in [-0.2, 0) is 4.79 Å². The Hall–Kier alpha value is -1.53. The second kappa shape index (κ2) is 6.42. The highest BCUT2D eigenvalue weighted by atomic mass is 16.2. The summed E-state index contributed by atoms with van der Waals surface area (Å²) in [4.78, 5) is 22.0. The number of carbonyl (C=O) groups excluding carboxylic acids is 1.